The Morgan fingerprint density at radius 2 is 2.06 bits per heavy atom. The zero-order valence-corrected chi connectivity index (χ0v) is 10.5. The molecule has 1 heterocycles. The van der Waals surface area contributed by atoms with Gasteiger partial charge in [0, 0.05) is 5.61 Å². The topological polar surface area (TPSA) is 12.4 Å². The van der Waals surface area contributed by atoms with Crippen LogP contribution in [-0.4, -0.2) is 12.9 Å². The highest BCUT2D eigenvalue weighted by Gasteiger charge is 2.12. The zero-order chi connectivity index (χ0) is 12.8. The van der Waals surface area contributed by atoms with Crippen molar-refractivity contribution in [2.24, 2.45) is 4.99 Å². The summed E-state index contributed by atoms with van der Waals surface area (Å²) in [5.74, 6) is 0. The van der Waals surface area contributed by atoms with Crippen LogP contribution >= 0.6 is 0 Å². The van der Waals surface area contributed by atoms with Crippen molar-refractivity contribution in [1.82, 2.24) is 0 Å². The van der Waals surface area contributed by atoms with Crippen LogP contribution in [0.4, 0.5) is 5.69 Å². The predicted molar refractivity (Wildman–Crippen MR) is 81.2 cm³/mol. The normalized spacial score (nSPS) is 14.2. The average molecular weight is 232 g/mol. The van der Waals surface area contributed by atoms with Crippen LogP contribution in [0.3, 0.4) is 0 Å². The summed E-state index contributed by atoms with van der Waals surface area (Å²) in [5.41, 5.74) is 4.14. The molecule has 0 amide bonds. The molecule has 0 spiro atoms. The molecule has 1 aliphatic heterocycles. The van der Waals surface area contributed by atoms with E-state index in [-0.39, 0.29) is 0 Å². The molecule has 1 aliphatic rings. The molecule has 2 heteroatoms. The molecule has 1 aromatic carbocycles. The quantitative estimate of drug-likeness (QED) is 0.557. The maximum absolute atomic E-state index is 4.52. The Morgan fingerprint density at radius 1 is 1.22 bits per heavy atom. The van der Waals surface area contributed by atoms with Gasteiger partial charge in [-0.3, -0.25) is 4.99 Å². The molecule has 1 radical (unpaired) electrons. The van der Waals surface area contributed by atoms with Gasteiger partial charge in [0.15, 0.2) is 0 Å². The third-order valence-electron chi connectivity index (χ3n) is 2.57. The highest BCUT2D eigenvalue weighted by Crippen LogP contribution is 2.13. The van der Waals surface area contributed by atoms with Gasteiger partial charge in [0.25, 0.3) is 0 Å². The second kappa shape index (κ2) is 6.01. The summed E-state index contributed by atoms with van der Waals surface area (Å²) < 4.78 is 0. The van der Waals surface area contributed by atoms with Crippen molar-refractivity contribution < 1.29 is 0 Å². The number of fused-ring (bicyclic) bond motifs is 1. The van der Waals surface area contributed by atoms with Gasteiger partial charge in [-0.05, 0) is 24.6 Å². The van der Waals surface area contributed by atoms with E-state index in [4.69, 9.17) is 0 Å². The Bertz CT molecular complexity index is 562. The highest BCUT2D eigenvalue weighted by atomic mass is 14.7. The molecule has 2 rings (SSSR count). The van der Waals surface area contributed by atoms with Crippen molar-refractivity contribution in [2.45, 2.75) is 6.92 Å². The molecule has 0 atom stereocenters. The number of para-hydroxylation sites is 1. The molecule has 0 saturated heterocycles. The number of benzene rings is 1. The first-order chi connectivity index (χ1) is 8.79. The zero-order valence-electron chi connectivity index (χ0n) is 10.5. The number of rotatable bonds is 4. The molecule has 87 valence electrons. The van der Waals surface area contributed by atoms with Crippen LogP contribution in [0.1, 0.15) is 6.92 Å². The summed E-state index contributed by atoms with van der Waals surface area (Å²) in [6.07, 6.45) is 11.9. The average Bonchev–Trinajstić information content (AvgIpc) is 2.79. The monoisotopic (exact) mass is 232 g/mol. The molecule has 0 N–H and O–H groups in total. The molecule has 1 aromatic rings. The van der Waals surface area contributed by atoms with E-state index in [1.807, 2.05) is 61.6 Å². The van der Waals surface area contributed by atoms with Gasteiger partial charge < -0.3 is 0 Å². The standard InChI is InChI=1S/C16H15BN/c1-3-4-5-8-13(2)11-12-16-17-14-9-6-7-10-15(14)18-16/h3-12H,2H2,1H3/b4-3-,8-5-,12-11+. The lowest BCUT2D eigenvalue weighted by Gasteiger charge is -1.91. The minimum absolute atomic E-state index is 0.958. The van der Waals surface area contributed by atoms with Crippen LogP contribution in [-0.2, 0) is 0 Å². The van der Waals surface area contributed by atoms with E-state index in [2.05, 4.69) is 24.9 Å². The SMILES string of the molecule is C=C(/C=C\C=C/C)/C=C/C1=Nc2ccccc2[B]1. The van der Waals surface area contributed by atoms with Crippen molar-refractivity contribution in [2.75, 3.05) is 0 Å². The molecule has 0 bridgehead atoms. The van der Waals surface area contributed by atoms with Gasteiger partial charge in [-0.15, -0.1) is 0 Å². The second-order valence-electron chi connectivity index (χ2n) is 4.03. The van der Waals surface area contributed by atoms with Gasteiger partial charge in [0.2, 0.25) is 7.28 Å². The first kappa shape index (κ1) is 12.4. The summed E-state index contributed by atoms with van der Waals surface area (Å²) in [6.45, 7) is 5.95. The number of aliphatic imine (C=N–C) groups is 1. The number of hydrogen-bond acceptors (Lipinski definition) is 1. The fraction of sp³-hybridized carbons (Fsp3) is 0.0625. The van der Waals surface area contributed by atoms with E-state index in [0.717, 1.165) is 16.9 Å². The number of nitrogens with zero attached hydrogens (tertiary/aromatic N) is 1. The maximum Gasteiger partial charge on any atom is 0.219 e. The predicted octanol–water partition coefficient (Wildman–Crippen LogP) is 3.30. The summed E-state index contributed by atoms with van der Waals surface area (Å²) >= 11 is 0. The molecule has 1 nitrogen and oxygen atoms in total. The fourth-order valence-electron chi connectivity index (χ4n) is 1.67. The highest BCUT2D eigenvalue weighted by molar-refractivity contribution is 6.90. The molecular weight excluding hydrogens is 217 g/mol. The van der Waals surface area contributed by atoms with Crippen LogP contribution in [0.5, 0.6) is 0 Å². The Balaban J connectivity index is 1.99. The van der Waals surface area contributed by atoms with E-state index < -0.39 is 0 Å². The van der Waals surface area contributed by atoms with Crippen molar-refractivity contribution in [3.05, 3.63) is 72.9 Å². The van der Waals surface area contributed by atoms with Crippen LogP contribution in [0.15, 0.2) is 77.9 Å². The van der Waals surface area contributed by atoms with Gasteiger partial charge in [-0.25, -0.2) is 0 Å². The van der Waals surface area contributed by atoms with E-state index in [9.17, 15) is 0 Å². The molecule has 0 fully saturated rings. The minimum Gasteiger partial charge on any atom is -0.264 e. The van der Waals surface area contributed by atoms with E-state index in [0.29, 0.717) is 0 Å². The van der Waals surface area contributed by atoms with Gasteiger partial charge in [0.1, 0.15) is 0 Å². The fourth-order valence-corrected chi connectivity index (χ4v) is 1.67. The van der Waals surface area contributed by atoms with Crippen LogP contribution in [0.25, 0.3) is 0 Å². The maximum atomic E-state index is 4.52. The molecule has 0 aromatic heterocycles. The first-order valence-electron chi connectivity index (χ1n) is 5.98. The summed E-state index contributed by atoms with van der Waals surface area (Å²) in [5, 5.41) is 0. The van der Waals surface area contributed by atoms with Gasteiger partial charge >= 0.3 is 0 Å². The Labute approximate surface area is 109 Å². The van der Waals surface area contributed by atoms with Gasteiger partial charge in [0.05, 0.1) is 5.69 Å². The largest absolute Gasteiger partial charge is 0.264 e. The number of hydrogen-bond donors (Lipinski definition) is 0. The van der Waals surface area contributed by atoms with Crippen LogP contribution < -0.4 is 5.46 Å². The van der Waals surface area contributed by atoms with E-state index in [1.54, 1.807) is 0 Å². The lowest BCUT2D eigenvalue weighted by molar-refractivity contribution is 1.59. The Morgan fingerprint density at radius 3 is 2.83 bits per heavy atom. The molecular formula is C16H15BN. The van der Waals surface area contributed by atoms with Crippen molar-refractivity contribution >= 4 is 24.0 Å². The Kier molecular flexibility index (Phi) is 4.13. The summed E-state index contributed by atoms with van der Waals surface area (Å²) in [4.78, 5) is 4.52. The van der Waals surface area contributed by atoms with E-state index >= 15 is 0 Å². The second-order valence-corrected chi connectivity index (χ2v) is 4.03. The molecule has 0 saturated carbocycles. The lowest BCUT2D eigenvalue weighted by Crippen LogP contribution is -2.15. The number of allylic oxidation sites excluding steroid dienone is 7. The third kappa shape index (κ3) is 3.20. The smallest absolute Gasteiger partial charge is 0.219 e. The molecule has 0 aliphatic carbocycles. The van der Waals surface area contributed by atoms with Crippen molar-refractivity contribution in [3.63, 3.8) is 0 Å². The third-order valence-corrected chi connectivity index (χ3v) is 2.57. The molecule has 18 heavy (non-hydrogen) atoms. The van der Waals surface area contributed by atoms with Crippen molar-refractivity contribution in [3.8, 4) is 0 Å². The van der Waals surface area contributed by atoms with Gasteiger partial charge in [-0.1, -0.05) is 60.6 Å². The summed E-state index contributed by atoms with van der Waals surface area (Å²) in [7, 11) is 2.08. The van der Waals surface area contributed by atoms with Crippen LogP contribution in [0.2, 0.25) is 0 Å². The Hall–Kier alpha value is -2.09. The lowest BCUT2D eigenvalue weighted by atomic mass is 9.67. The summed E-state index contributed by atoms with van der Waals surface area (Å²) in [6, 6.07) is 8.12. The minimum atomic E-state index is 0.958. The first-order valence-corrected chi connectivity index (χ1v) is 5.98. The van der Waals surface area contributed by atoms with Crippen LogP contribution in [0, 0.1) is 0 Å². The van der Waals surface area contributed by atoms with E-state index in [1.165, 1.54) is 5.46 Å². The molecule has 0 unspecified atom stereocenters. The van der Waals surface area contributed by atoms with Gasteiger partial charge in [-0.2, -0.15) is 0 Å². The van der Waals surface area contributed by atoms with Crippen molar-refractivity contribution in [1.29, 1.82) is 0 Å².